The number of methoxy groups -OCH3 is 1. The summed E-state index contributed by atoms with van der Waals surface area (Å²) in [6.45, 7) is 9.02. The highest BCUT2D eigenvalue weighted by Gasteiger charge is 2.30. The van der Waals surface area contributed by atoms with E-state index in [4.69, 9.17) is 15.6 Å². The van der Waals surface area contributed by atoms with Gasteiger partial charge in [-0.1, -0.05) is 13.8 Å². The lowest BCUT2D eigenvalue weighted by Gasteiger charge is -2.35. The molecule has 2 aliphatic rings. The number of piperazine rings is 1. The van der Waals surface area contributed by atoms with E-state index < -0.39 is 6.17 Å². The number of amides is 1. The molecule has 33 heavy (non-hydrogen) atoms. The highest BCUT2D eigenvalue weighted by atomic mass is 16.5. The van der Waals surface area contributed by atoms with Crippen molar-refractivity contribution >= 4 is 17.4 Å². The summed E-state index contributed by atoms with van der Waals surface area (Å²) in [6, 6.07) is 2.04. The summed E-state index contributed by atoms with van der Waals surface area (Å²) in [4.78, 5) is 29.3. The first-order chi connectivity index (χ1) is 15.7. The van der Waals surface area contributed by atoms with Crippen LogP contribution in [0.4, 0.5) is 11.5 Å². The molecular formula is C22H34N8O3. The molecule has 0 bridgehead atoms. The minimum atomic E-state index is -0.584. The van der Waals surface area contributed by atoms with Crippen molar-refractivity contribution in [1.29, 1.82) is 0 Å². The summed E-state index contributed by atoms with van der Waals surface area (Å²) >= 11 is 0. The molecule has 1 fully saturated rings. The van der Waals surface area contributed by atoms with Gasteiger partial charge in [-0.25, -0.2) is 5.43 Å². The summed E-state index contributed by atoms with van der Waals surface area (Å²) in [6.07, 6.45) is 1.30. The van der Waals surface area contributed by atoms with Crippen LogP contribution in [0.2, 0.25) is 0 Å². The number of carbonyl (C=O) groups excluding carboxylic acids is 1. The summed E-state index contributed by atoms with van der Waals surface area (Å²) in [7, 11) is 3.44. The molecule has 4 N–H and O–H groups in total. The normalized spacial score (nSPS) is 19.1. The van der Waals surface area contributed by atoms with E-state index >= 15 is 0 Å². The van der Waals surface area contributed by atoms with Crippen LogP contribution in [0.5, 0.6) is 0 Å². The molecule has 11 heteroatoms. The number of pyridine rings is 1. The fourth-order valence-electron chi connectivity index (χ4n) is 4.40. The number of anilines is 2. The van der Waals surface area contributed by atoms with Crippen molar-refractivity contribution in [3.05, 3.63) is 28.2 Å². The Hall–Kier alpha value is -2.89. The lowest BCUT2D eigenvalue weighted by atomic mass is 10.0. The molecular weight excluding hydrogens is 424 g/mol. The van der Waals surface area contributed by atoms with E-state index in [2.05, 4.69) is 29.6 Å². The van der Waals surface area contributed by atoms with Gasteiger partial charge in [0.2, 0.25) is 5.91 Å². The SMILES string of the molecule is COCC(=O)N1CCN(c2cc(-c3cn([C@@H](C)C(C)C)c(=O)c4c3NNC4N)nn2C)CC1. The van der Waals surface area contributed by atoms with E-state index in [1.165, 1.54) is 7.11 Å². The number of nitrogens with zero attached hydrogens (tertiary/aromatic N) is 5. The lowest BCUT2D eigenvalue weighted by molar-refractivity contribution is -0.135. The average Bonchev–Trinajstić information content (AvgIpc) is 3.37. The van der Waals surface area contributed by atoms with Gasteiger partial charge in [0.05, 0.1) is 16.9 Å². The van der Waals surface area contributed by atoms with Gasteiger partial charge in [0.1, 0.15) is 18.6 Å². The first-order valence-electron chi connectivity index (χ1n) is 11.3. The lowest BCUT2D eigenvalue weighted by Crippen LogP contribution is -2.50. The van der Waals surface area contributed by atoms with Gasteiger partial charge in [0.15, 0.2) is 0 Å². The molecule has 0 aromatic carbocycles. The van der Waals surface area contributed by atoms with Crippen LogP contribution in [0.25, 0.3) is 11.3 Å². The fraction of sp³-hybridized carbons (Fsp3) is 0.591. The van der Waals surface area contributed by atoms with Crippen molar-refractivity contribution in [2.45, 2.75) is 33.0 Å². The summed E-state index contributed by atoms with van der Waals surface area (Å²) in [5.74, 6) is 1.25. The fourth-order valence-corrected chi connectivity index (χ4v) is 4.40. The molecule has 2 aliphatic heterocycles. The van der Waals surface area contributed by atoms with Crippen LogP contribution in [-0.2, 0) is 16.6 Å². The Morgan fingerprint density at radius 1 is 1.27 bits per heavy atom. The van der Waals surface area contributed by atoms with Crippen LogP contribution in [0.15, 0.2) is 17.1 Å². The largest absolute Gasteiger partial charge is 0.375 e. The molecule has 0 radical (unpaired) electrons. The van der Waals surface area contributed by atoms with Crippen LogP contribution in [0.3, 0.4) is 0 Å². The van der Waals surface area contributed by atoms with Gasteiger partial charge in [-0.15, -0.1) is 0 Å². The van der Waals surface area contributed by atoms with Gasteiger partial charge < -0.3 is 30.3 Å². The van der Waals surface area contributed by atoms with Gasteiger partial charge in [-0.3, -0.25) is 14.3 Å². The van der Waals surface area contributed by atoms with Crippen LogP contribution >= 0.6 is 0 Å². The second-order valence-electron chi connectivity index (χ2n) is 9.09. The number of nitrogens with two attached hydrogens (primary N) is 1. The van der Waals surface area contributed by atoms with Crippen molar-refractivity contribution in [2.75, 3.05) is 50.2 Å². The molecule has 4 heterocycles. The molecule has 11 nitrogen and oxygen atoms in total. The Morgan fingerprint density at radius 2 is 1.97 bits per heavy atom. The third-order valence-corrected chi connectivity index (χ3v) is 6.69. The number of nitrogens with one attached hydrogen (secondary N) is 2. The van der Waals surface area contributed by atoms with E-state index in [-0.39, 0.29) is 30.0 Å². The minimum absolute atomic E-state index is 0.00912. The standard InChI is InChI=1S/C22H34N8O3/c1-13(2)14(3)30-11-15(20-19(22(30)32)21(23)25-24-20)16-10-17(27(4)26-16)28-6-8-29(9-7-28)18(31)12-33-5/h10-11,13-14,21,24-25H,6-9,12,23H2,1-5H3/t14-,21?/m0/s1. The van der Waals surface area contributed by atoms with Crippen molar-refractivity contribution < 1.29 is 9.53 Å². The van der Waals surface area contributed by atoms with E-state index in [0.29, 0.717) is 37.4 Å². The molecule has 0 saturated carbocycles. The molecule has 2 atom stereocenters. The molecule has 0 spiro atoms. The van der Waals surface area contributed by atoms with Gasteiger partial charge >= 0.3 is 0 Å². The van der Waals surface area contributed by atoms with Gasteiger partial charge in [0, 0.05) is 64.2 Å². The zero-order chi connectivity index (χ0) is 23.9. The number of rotatable bonds is 6. The Bertz CT molecular complexity index is 1080. The van der Waals surface area contributed by atoms with Crippen LogP contribution in [0, 0.1) is 5.92 Å². The zero-order valence-corrected chi connectivity index (χ0v) is 20.0. The molecule has 2 aromatic rings. The Balaban J connectivity index is 1.67. The van der Waals surface area contributed by atoms with E-state index in [0.717, 1.165) is 17.1 Å². The molecule has 1 unspecified atom stereocenters. The van der Waals surface area contributed by atoms with Crippen LogP contribution in [-0.4, -0.2) is 65.1 Å². The second-order valence-corrected chi connectivity index (χ2v) is 9.09. The number of ether oxygens (including phenoxy) is 1. The first-order valence-corrected chi connectivity index (χ1v) is 11.3. The average molecular weight is 459 g/mol. The Morgan fingerprint density at radius 3 is 2.61 bits per heavy atom. The maximum atomic E-state index is 13.2. The number of fused-ring (bicyclic) bond motifs is 1. The quantitative estimate of drug-likeness (QED) is 0.577. The highest BCUT2D eigenvalue weighted by Crippen LogP contribution is 2.36. The van der Waals surface area contributed by atoms with E-state index in [1.807, 2.05) is 35.8 Å². The van der Waals surface area contributed by atoms with Crippen molar-refractivity contribution in [3.63, 3.8) is 0 Å². The maximum absolute atomic E-state index is 13.2. The third-order valence-electron chi connectivity index (χ3n) is 6.69. The number of hydrogen-bond acceptors (Lipinski definition) is 8. The monoisotopic (exact) mass is 458 g/mol. The molecule has 4 rings (SSSR count). The molecule has 1 saturated heterocycles. The third kappa shape index (κ3) is 4.23. The summed E-state index contributed by atoms with van der Waals surface area (Å²) < 4.78 is 8.58. The van der Waals surface area contributed by atoms with Crippen molar-refractivity contribution in [3.8, 4) is 11.3 Å². The van der Waals surface area contributed by atoms with Gasteiger partial charge in [0.25, 0.3) is 5.56 Å². The first kappa shape index (κ1) is 23.3. The molecule has 2 aromatic heterocycles. The molecule has 0 aliphatic carbocycles. The highest BCUT2D eigenvalue weighted by molar-refractivity contribution is 5.80. The minimum Gasteiger partial charge on any atom is -0.375 e. The van der Waals surface area contributed by atoms with Gasteiger partial charge in [-0.05, 0) is 12.8 Å². The number of hydrazine groups is 1. The number of aryl methyl sites for hydroxylation is 1. The molecule has 180 valence electrons. The Labute approximate surface area is 193 Å². The van der Waals surface area contributed by atoms with Crippen LogP contribution < -0.4 is 27.0 Å². The number of aromatic nitrogens is 3. The van der Waals surface area contributed by atoms with Crippen molar-refractivity contribution in [2.24, 2.45) is 18.7 Å². The predicted octanol–water partition coefficient (Wildman–Crippen LogP) is 0.648. The number of hydrogen-bond donors (Lipinski definition) is 3. The molecule has 1 amide bonds. The topological polar surface area (TPSA) is 123 Å². The zero-order valence-electron chi connectivity index (χ0n) is 20.0. The van der Waals surface area contributed by atoms with Crippen molar-refractivity contribution in [1.82, 2.24) is 24.7 Å². The number of carbonyl (C=O) groups is 1. The summed E-state index contributed by atoms with van der Waals surface area (Å²) in [5, 5.41) is 4.77. The van der Waals surface area contributed by atoms with Gasteiger partial charge in [-0.2, -0.15) is 5.10 Å². The van der Waals surface area contributed by atoms with E-state index in [9.17, 15) is 9.59 Å². The smallest absolute Gasteiger partial charge is 0.259 e. The second kappa shape index (κ2) is 9.16. The van der Waals surface area contributed by atoms with E-state index in [1.54, 1.807) is 4.57 Å². The Kier molecular flexibility index (Phi) is 6.46. The van der Waals surface area contributed by atoms with Crippen LogP contribution in [0.1, 0.15) is 38.5 Å². The maximum Gasteiger partial charge on any atom is 0.259 e. The summed E-state index contributed by atoms with van der Waals surface area (Å²) in [5.41, 5.74) is 14.9. The predicted molar refractivity (Wildman–Crippen MR) is 127 cm³/mol.